The Hall–Kier alpha value is -2.31. The molecule has 7 heteroatoms. The van der Waals surface area contributed by atoms with Crippen molar-refractivity contribution < 1.29 is 14.7 Å². The maximum absolute atomic E-state index is 12.4. The molecule has 3 amide bonds. The molecule has 0 bridgehead atoms. The van der Waals surface area contributed by atoms with Crippen molar-refractivity contribution in [1.29, 1.82) is 0 Å². The molecule has 3 rings (SSSR count). The maximum atomic E-state index is 12.4. The highest BCUT2D eigenvalue weighted by molar-refractivity contribution is 5.92. The first-order valence-electron chi connectivity index (χ1n) is 8.13. The normalized spacial score (nSPS) is 21.3. The van der Waals surface area contributed by atoms with Gasteiger partial charge in [0.2, 0.25) is 0 Å². The molecule has 0 aliphatic carbocycles. The molecule has 1 atom stereocenters. The van der Waals surface area contributed by atoms with E-state index in [1.54, 1.807) is 0 Å². The smallest absolute Gasteiger partial charge is 0.320 e. The van der Waals surface area contributed by atoms with Crippen LogP contribution in [0.3, 0.4) is 0 Å². The molecule has 0 saturated carbocycles. The third-order valence-electron chi connectivity index (χ3n) is 4.38. The number of pyridine rings is 1. The van der Waals surface area contributed by atoms with Gasteiger partial charge in [-0.1, -0.05) is 0 Å². The van der Waals surface area contributed by atoms with Crippen LogP contribution in [0.1, 0.15) is 36.2 Å². The van der Waals surface area contributed by atoms with Crippen molar-refractivity contribution >= 4 is 11.9 Å². The van der Waals surface area contributed by atoms with Gasteiger partial charge in [-0.2, -0.15) is 0 Å². The predicted octanol–water partition coefficient (Wildman–Crippen LogP) is 1.20. The molecular formula is C16H22N4O3. The molecule has 2 saturated heterocycles. The standard InChI is InChI=1S/C16H22N4O3/c21-13-5-6-14(17-10-13)15(22)18-12-4-3-9-20(11-12)16(23)19-7-1-2-8-19/h5-6,10,12,21H,1-4,7-9,11H2,(H,18,22). The van der Waals surface area contributed by atoms with Crippen molar-refractivity contribution in [2.45, 2.75) is 31.7 Å². The summed E-state index contributed by atoms with van der Waals surface area (Å²) >= 11 is 0. The van der Waals surface area contributed by atoms with Crippen LogP contribution < -0.4 is 5.32 Å². The van der Waals surface area contributed by atoms with Crippen molar-refractivity contribution in [2.75, 3.05) is 26.2 Å². The molecule has 0 radical (unpaired) electrons. The Morgan fingerprint density at radius 1 is 1.13 bits per heavy atom. The second-order valence-electron chi connectivity index (χ2n) is 6.14. The van der Waals surface area contributed by atoms with Crippen LogP contribution in [0.15, 0.2) is 18.3 Å². The molecule has 3 heterocycles. The minimum Gasteiger partial charge on any atom is -0.506 e. The number of rotatable bonds is 2. The molecule has 2 fully saturated rings. The summed E-state index contributed by atoms with van der Waals surface area (Å²) in [5, 5.41) is 12.2. The molecule has 2 aliphatic heterocycles. The number of amides is 3. The summed E-state index contributed by atoms with van der Waals surface area (Å²) in [7, 11) is 0. The van der Waals surface area contributed by atoms with Gasteiger partial charge in [0.1, 0.15) is 11.4 Å². The van der Waals surface area contributed by atoms with Gasteiger partial charge in [0, 0.05) is 32.2 Å². The Labute approximate surface area is 135 Å². The number of aromatic nitrogens is 1. The van der Waals surface area contributed by atoms with Gasteiger partial charge >= 0.3 is 6.03 Å². The Morgan fingerprint density at radius 3 is 2.57 bits per heavy atom. The Bertz CT molecular complexity index is 569. The quantitative estimate of drug-likeness (QED) is 0.858. The Balaban J connectivity index is 1.56. The molecule has 124 valence electrons. The molecule has 0 spiro atoms. The van der Waals surface area contributed by atoms with E-state index in [-0.39, 0.29) is 29.4 Å². The lowest BCUT2D eigenvalue weighted by atomic mass is 10.1. The van der Waals surface area contributed by atoms with Crippen LogP contribution in [0.2, 0.25) is 0 Å². The Morgan fingerprint density at radius 2 is 1.87 bits per heavy atom. The first-order chi connectivity index (χ1) is 11.1. The minimum absolute atomic E-state index is 0.0293. The minimum atomic E-state index is -0.273. The van der Waals surface area contributed by atoms with E-state index >= 15 is 0 Å². The first-order valence-corrected chi connectivity index (χ1v) is 8.13. The fourth-order valence-corrected chi connectivity index (χ4v) is 3.16. The molecule has 2 N–H and O–H groups in total. The SMILES string of the molecule is O=C(NC1CCCN(C(=O)N2CCCC2)C1)c1ccc(O)cn1. The third kappa shape index (κ3) is 3.72. The summed E-state index contributed by atoms with van der Waals surface area (Å²) in [6, 6.07) is 2.95. The fourth-order valence-electron chi connectivity index (χ4n) is 3.16. The van der Waals surface area contributed by atoms with Crippen LogP contribution in [0.4, 0.5) is 4.79 Å². The van der Waals surface area contributed by atoms with Gasteiger partial charge in [-0.3, -0.25) is 4.79 Å². The van der Waals surface area contributed by atoms with Gasteiger partial charge in [0.25, 0.3) is 5.91 Å². The van der Waals surface area contributed by atoms with Crippen molar-refractivity contribution in [2.24, 2.45) is 0 Å². The monoisotopic (exact) mass is 318 g/mol. The van der Waals surface area contributed by atoms with E-state index in [2.05, 4.69) is 10.3 Å². The van der Waals surface area contributed by atoms with Crippen LogP contribution in [-0.2, 0) is 0 Å². The van der Waals surface area contributed by atoms with Gasteiger partial charge < -0.3 is 20.2 Å². The van der Waals surface area contributed by atoms with Crippen molar-refractivity contribution in [3.8, 4) is 5.75 Å². The molecule has 1 unspecified atom stereocenters. The highest BCUT2D eigenvalue weighted by Crippen LogP contribution is 2.16. The zero-order valence-corrected chi connectivity index (χ0v) is 13.1. The number of hydrogen-bond acceptors (Lipinski definition) is 4. The van der Waals surface area contributed by atoms with E-state index in [1.165, 1.54) is 18.3 Å². The summed E-state index contributed by atoms with van der Waals surface area (Å²) in [5.41, 5.74) is 0.269. The largest absolute Gasteiger partial charge is 0.506 e. The summed E-state index contributed by atoms with van der Waals surface area (Å²) in [5.74, 6) is -0.243. The lowest BCUT2D eigenvalue weighted by molar-refractivity contribution is 0.0896. The van der Waals surface area contributed by atoms with Gasteiger partial charge in [0.15, 0.2) is 0 Å². The second-order valence-corrected chi connectivity index (χ2v) is 6.14. The topological polar surface area (TPSA) is 85.8 Å². The number of carbonyl (C=O) groups excluding carboxylic acids is 2. The third-order valence-corrected chi connectivity index (χ3v) is 4.38. The number of urea groups is 1. The summed E-state index contributed by atoms with van der Waals surface area (Å²) in [6.45, 7) is 2.96. The second kappa shape index (κ2) is 6.85. The molecular weight excluding hydrogens is 296 g/mol. The van der Waals surface area contributed by atoms with E-state index in [1.807, 2.05) is 9.80 Å². The van der Waals surface area contributed by atoms with Crippen molar-refractivity contribution in [1.82, 2.24) is 20.1 Å². The number of piperidine rings is 1. The Kier molecular flexibility index (Phi) is 4.64. The van der Waals surface area contributed by atoms with E-state index in [4.69, 9.17) is 0 Å². The lowest BCUT2D eigenvalue weighted by Gasteiger charge is -2.35. The van der Waals surface area contributed by atoms with Gasteiger partial charge in [-0.05, 0) is 37.8 Å². The molecule has 0 aromatic carbocycles. The van der Waals surface area contributed by atoms with Crippen LogP contribution in [0, 0.1) is 0 Å². The number of carbonyl (C=O) groups is 2. The van der Waals surface area contributed by atoms with E-state index in [0.29, 0.717) is 6.54 Å². The zero-order chi connectivity index (χ0) is 16.2. The van der Waals surface area contributed by atoms with E-state index < -0.39 is 0 Å². The van der Waals surface area contributed by atoms with Crippen molar-refractivity contribution in [3.63, 3.8) is 0 Å². The molecule has 1 aromatic heterocycles. The van der Waals surface area contributed by atoms with Gasteiger partial charge in [0.05, 0.1) is 6.20 Å². The summed E-state index contributed by atoms with van der Waals surface area (Å²) < 4.78 is 0. The summed E-state index contributed by atoms with van der Waals surface area (Å²) in [6.07, 6.45) is 5.14. The average molecular weight is 318 g/mol. The van der Waals surface area contributed by atoms with E-state index in [9.17, 15) is 14.7 Å². The molecule has 23 heavy (non-hydrogen) atoms. The number of nitrogens with one attached hydrogen (secondary N) is 1. The van der Waals surface area contributed by atoms with Crippen LogP contribution in [0.5, 0.6) is 5.75 Å². The fraction of sp³-hybridized carbons (Fsp3) is 0.562. The zero-order valence-electron chi connectivity index (χ0n) is 13.1. The highest BCUT2D eigenvalue weighted by Gasteiger charge is 2.29. The van der Waals surface area contributed by atoms with Crippen LogP contribution >= 0.6 is 0 Å². The lowest BCUT2D eigenvalue weighted by Crippen LogP contribution is -2.52. The molecule has 1 aromatic rings. The van der Waals surface area contributed by atoms with Gasteiger partial charge in [-0.25, -0.2) is 9.78 Å². The van der Waals surface area contributed by atoms with Crippen LogP contribution in [0.25, 0.3) is 0 Å². The average Bonchev–Trinajstić information content (AvgIpc) is 3.09. The maximum Gasteiger partial charge on any atom is 0.320 e. The van der Waals surface area contributed by atoms with Crippen molar-refractivity contribution in [3.05, 3.63) is 24.0 Å². The van der Waals surface area contributed by atoms with Crippen LogP contribution in [-0.4, -0.2) is 64.0 Å². The molecule has 2 aliphatic rings. The predicted molar refractivity (Wildman–Crippen MR) is 84.2 cm³/mol. The first kappa shape index (κ1) is 15.6. The highest BCUT2D eigenvalue weighted by atomic mass is 16.3. The summed E-state index contributed by atoms with van der Waals surface area (Å²) in [4.78, 5) is 32.3. The number of aromatic hydroxyl groups is 1. The molecule has 7 nitrogen and oxygen atoms in total. The number of nitrogens with zero attached hydrogens (tertiary/aromatic N) is 3. The van der Waals surface area contributed by atoms with E-state index in [0.717, 1.165) is 45.3 Å². The van der Waals surface area contributed by atoms with Gasteiger partial charge in [-0.15, -0.1) is 0 Å². The number of likely N-dealkylation sites (tertiary alicyclic amines) is 2. The number of hydrogen-bond donors (Lipinski definition) is 2.